The lowest BCUT2D eigenvalue weighted by Gasteiger charge is -2.49. The van der Waals surface area contributed by atoms with Gasteiger partial charge in [0.15, 0.2) is 0 Å². The Balaban J connectivity index is -0.0000000299. The van der Waals surface area contributed by atoms with Crippen LogP contribution in [0.15, 0.2) is 0 Å². The average Bonchev–Trinajstić information content (AvgIpc) is 2.79. The molecule has 0 atom stereocenters. The highest BCUT2D eigenvalue weighted by Crippen LogP contribution is 2.48. The van der Waals surface area contributed by atoms with Gasteiger partial charge in [0.1, 0.15) is 0 Å². The van der Waals surface area contributed by atoms with E-state index in [-0.39, 0.29) is 0 Å². The Kier molecular flexibility index (Phi) is 123. The summed E-state index contributed by atoms with van der Waals surface area (Å²) in [7, 11) is 0. The van der Waals surface area contributed by atoms with Crippen molar-refractivity contribution in [3.8, 4) is 0 Å². The molecule has 0 saturated heterocycles. The second-order valence-electron chi connectivity index (χ2n) is 5.62. The molecule has 0 spiro atoms. The molecule has 0 heteroatoms. The summed E-state index contributed by atoms with van der Waals surface area (Å²) in [6.07, 6.45) is 0. The molecular formula is C29H76. The van der Waals surface area contributed by atoms with Crippen molar-refractivity contribution in [2.75, 3.05) is 0 Å². The maximum Gasteiger partial charge on any atom is -0.0205 e. The Morgan fingerprint density at radius 2 is 0.310 bits per heavy atom. The highest BCUT2D eigenvalue weighted by atomic mass is 14.5. The van der Waals surface area contributed by atoms with Crippen LogP contribution in [0.4, 0.5) is 0 Å². The van der Waals surface area contributed by atoms with Gasteiger partial charge in [0, 0.05) is 0 Å². The molecule has 0 aliphatic carbocycles. The number of hydrogen-bond acceptors (Lipinski definition) is 0. The predicted molar refractivity (Wildman–Crippen MR) is 153 cm³/mol. The zero-order chi connectivity index (χ0) is 26.8. The fourth-order valence-electron chi connectivity index (χ4n) is 4.00. The molecule has 0 rings (SSSR count). The summed E-state index contributed by atoms with van der Waals surface area (Å²) in [5, 5.41) is 0. The molecule has 0 bridgehead atoms. The molecule has 192 valence electrons. The van der Waals surface area contributed by atoms with Gasteiger partial charge in [-0.3, -0.25) is 0 Å². The number of hydrogen-bond donors (Lipinski definition) is 0. The monoisotopic (exact) mass is 425 g/mol. The normalized spacial score (nSPS) is 7.86. The Morgan fingerprint density at radius 3 is 0.310 bits per heavy atom. The predicted octanol–water partition coefficient (Wildman–Crippen LogP) is 12.8. The van der Waals surface area contributed by atoms with E-state index in [9.17, 15) is 0 Å². The molecule has 0 nitrogen and oxygen atoms in total. The third kappa shape index (κ3) is 32.9. The van der Waals surface area contributed by atoms with E-state index in [1.165, 1.54) is 0 Å². The van der Waals surface area contributed by atoms with Crippen LogP contribution in [0.5, 0.6) is 0 Å². The van der Waals surface area contributed by atoms with Crippen molar-refractivity contribution in [3.05, 3.63) is 0 Å². The molecule has 0 aromatic carbocycles. The van der Waals surface area contributed by atoms with E-state index < -0.39 is 0 Å². The molecule has 0 radical (unpaired) electrons. The standard InChI is InChI=1S/C13H28.8C2H6/c1-9(2)13(10(3)4,11(5)6)12(7)8;8*1-2/h9-12H,1-8H3;8*1-2H3. The SMILES string of the molecule is CC.CC.CC.CC.CC.CC.CC.CC.CC(C)C(C(C)C)(C(C)C)C(C)C. The first-order chi connectivity index (χ1) is 13.8. The summed E-state index contributed by atoms with van der Waals surface area (Å²) >= 11 is 0. The zero-order valence-electron chi connectivity index (χ0n) is 26.8. The van der Waals surface area contributed by atoms with E-state index >= 15 is 0 Å². The van der Waals surface area contributed by atoms with Crippen LogP contribution in [0.25, 0.3) is 0 Å². The van der Waals surface area contributed by atoms with Crippen molar-refractivity contribution in [1.29, 1.82) is 0 Å². The van der Waals surface area contributed by atoms with E-state index in [1.807, 2.05) is 111 Å². The number of rotatable bonds is 4. The Labute approximate surface area is 195 Å². The van der Waals surface area contributed by atoms with E-state index in [0.29, 0.717) is 5.41 Å². The summed E-state index contributed by atoms with van der Waals surface area (Å²) in [5.74, 6) is 3.08. The second kappa shape index (κ2) is 63.0. The lowest BCUT2D eigenvalue weighted by atomic mass is 9.56. The summed E-state index contributed by atoms with van der Waals surface area (Å²) in [6, 6.07) is 0. The van der Waals surface area contributed by atoms with Crippen molar-refractivity contribution >= 4 is 0 Å². The Hall–Kier alpha value is 0. The van der Waals surface area contributed by atoms with Gasteiger partial charge < -0.3 is 0 Å². The first-order valence-electron chi connectivity index (χ1n) is 13.8. The summed E-state index contributed by atoms with van der Waals surface area (Å²) < 4.78 is 0. The van der Waals surface area contributed by atoms with Crippen LogP contribution in [0.1, 0.15) is 166 Å². The van der Waals surface area contributed by atoms with Gasteiger partial charge in [0.05, 0.1) is 0 Å². The van der Waals surface area contributed by atoms with E-state index in [0.717, 1.165) is 23.7 Å². The Bertz CT molecular complexity index is 103. The topological polar surface area (TPSA) is 0 Å². The largest absolute Gasteiger partial charge is 0.0683 e. The summed E-state index contributed by atoms with van der Waals surface area (Å²) in [4.78, 5) is 0. The molecule has 29 heavy (non-hydrogen) atoms. The summed E-state index contributed by atoms with van der Waals surface area (Å²) in [5.41, 5.74) is 0.500. The third-order valence-electron chi connectivity index (χ3n) is 4.00. The van der Waals surface area contributed by atoms with Crippen molar-refractivity contribution < 1.29 is 0 Å². The zero-order valence-corrected chi connectivity index (χ0v) is 26.8. The fraction of sp³-hybridized carbons (Fsp3) is 1.00. The van der Waals surface area contributed by atoms with Gasteiger partial charge in [-0.25, -0.2) is 0 Å². The smallest absolute Gasteiger partial charge is 0.0205 e. The van der Waals surface area contributed by atoms with Gasteiger partial charge in [-0.2, -0.15) is 0 Å². The average molecular weight is 425 g/mol. The molecular weight excluding hydrogens is 348 g/mol. The molecule has 0 amide bonds. The lowest BCUT2D eigenvalue weighted by molar-refractivity contribution is -0.00353. The minimum absolute atomic E-state index is 0.500. The van der Waals surface area contributed by atoms with Crippen LogP contribution in [-0.2, 0) is 0 Å². The van der Waals surface area contributed by atoms with Crippen molar-refractivity contribution in [2.24, 2.45) is 29.1 Å². The lowest BCUT2D eigenvalue weighted by Crippen LogP contribution is -2.42. The molecule has 0 aromatic heterocycles. The van der Waals surface area contributed by atoms with Crippen LogP contribution in [0.3, 0.4) is 0 Å². The fourth-order valence-corrected chi connectivity index (χ4v) is 4.00. The van der Waals surface area contributed by atoms with Crippen LogP contribution < -0.4 is 0 Å². The summed E-state index contributed by atoms with van der Waals surface area (Å²) in [6.45, 7) is 51.0. The van der Waals surface area contributed by atoms with E-state index in [1.54, 1.807) is 0 Å². The van der Waals surface area contributed by atoms with Crippen LogP contribution in [0.2, 0.25) is 0 Å². The van der Waals surface area contributed by atoms with Crippen LogP contribution in [0, 0.1) is 29.1 Å². The van der Waals surface area contributed by atoms with Gasteiger partial charge in [-0.15, -0.1) is 0 Å². The molecule has 0 saturated carbocycles. The molecule has 0 unspecified atom stereocenters. The molecule has 0 fully saturated rings. The van der Waals surface area contributed by atoms with Gasteiger partial charge in [0.2, 0.25) is 0 Å². The van der Waals surface area contributed by atoms with Crippen LogP contribution in [-0.4, -0.2) is 0 Å². The second-order valence-corrected chi connectivity index (χ2v) is 5.62. The third-order valence-corrected chi connectivity index (χ3v) is 4.00. The van der Waals surface area contributed by atoms with Crippen molar-refractivity contribution in [3.63, 3.8) is 0 Å². The van der Waals surface area contributed by atoms with E-state index in [4.69, 9.17) is 0 Å². The molecule has 0 heterocycles. The molecule has 0 N–H and O–H groups in total. The Morgan fingerprint density at radius 1 is 0.241 bits per heavy atom. The van der Waals surface area contributed by atoms with Crippen molar-refractivity contribution in [1.82, 2.24) is 0 Å². The van der Waals surface area contributed by atoms with Gasteiger partial charge in [0.25, 0.3) is 0 Å². The van der Waals surface area contributed by atoms with Gasteiger partial charge >= 0.3 is 0 Å². The highest BCUT2D eigenvalue weighted by molar-refractivity contribution is 4.90. The van der Waals surface area contributed by atoms with Crippen molar-refractivity contribution in [2.45, 2.75) is 166 Å². The maximum absolute atomic E-state index is 2.38. The minimum atomic E-state index is 0.500. The minimum Gasteiger partial charge on any atom is -0.0683 e. The highest BCUT2D eigenvalue weighted by Gasteiger charge is 2.42. The maximum atomic E-state index is 2.38. The van der Waals surface area contributed by atoms with Gasteiger partial charge in [-0.1, -0.05) is 166 Å². The molecule has 0 aromatic rings. The molecule has 0 aliphatic rings. The first kappa shape index (κ1) is 56.8. The quantitative estimate of drug-likeness (QED) is 0.420. The van der Waals surface area contributed by atoms with E-state index in [2.05, 4.69) is 55.4 Å². The first-order valence-corrected chi connectivity index (χ1v) is 13.8. The van der Waals surface area contributed by atoms with Crippen LogP contribution >= 0.6 is 0 Å². The molecule has 0 aliphatic heterocycles. The van der Waals surface area contributed by atoms with Gasteiger partial charge in [-0.05, 0) is 29.1 Å².